The van der Waals surface area contributed by atoms with Crippen molar-refractivity contribution in [1.29, 1.82) is 0 Å². The van der Waals surface area contributed by atoms with Crippen LogP contribution in [0.5, 0.6) is 0 Å². The summed E-state index contributed by atoms with van der Waals surface area (Å²) in [7, 11) is 0. The number of hydrogen-bond acceptors (Lipinski definition) is 0. The summed E-state index contributed by atoms with van der Waals surface area (Å²) < 4.78 is 0. The zero-order valence-electron chi connectivity index (χ0n) is 19.1. The van der Waals surface area contributed by atoms with Gasteiger partial charge in [0.25, 0.3) is 0 Å². The normalized spacial score (nSPS) is 16.6. The molecule has 154 valence electrons. The number of hydrogen-bond donors (Lipinski definition) is 0. The van der Waals surface area contributed by atoms with E-state index < -0.39 is 0 Å². The lowest BCUT2D eigenvalue weighted by molar-refractivity contribution is 0.654. The monoisotopic (exact) mass is 410 g/mol. The van der Waals surface area contributed by atoms with Crippen LogP contribution in [0.1, 0.15) is 49.9 Å². The van der Waals surface area contributed by atoms with Crippen molar-refractivity contribution in [3.05, 3.63) is 107 Å². The van der Waals surface area contributed by atoms with Gasteiger partial charge in [0, 0.05) is 10.8 Å². The van der Waals surface area contributed by atoms with Crippen molar-refractivity contribution in [1.82, 2.24) is 0 Å². The second-order valence-electron chi connectivity index (χ2n) is 10.6. The predicted octanol–water partition coefficient (Wildman–Crippen LogP) is 8.61. The molecule has 0 saturated carbocycles. The van der Waals surface area contributed by atoms with Crippen molar-refractivity contribution in [2.24, 2.45) is 0 Å². The van der Waals surface area contributed by atoms with Crippen LogP contribution in [0.3, 0.4) is 0 Å². The summed E-state index contributed by atoms with van der Waals surface area (Å²) in [6, 6.07) is 32.1. The highest BCUT2D eigenvalue weighted by atomic mass is 14.4. The van der Waals surface area contributed by atoms with Gasteiger partial charge in [0.1, 0.15) is 0 Å². The van der Waals surface area contributed by atoms with Crippen LogP contribution in [0, 0.1) is 0 Å². The molecule has 0 aliphatic heterocycles. The quantitative estimate of drug-likeness (QED) is 0.224. The lowest BCUT2D eigenvalue weighted by Crippen LogP contribution is -2.17. The van der Waals surface area contributed by atoms with Gasteiger partial charge >= 0.3 is 0 Å². The second-order valence-corrected chi connectivity index (χ2v) is 10.6. The van der Waals surface area contributed by atoms with E-state index in [1.54, 1.807) is 0 Å². The standard InChI is InChI=1S/C32H26/c1-31(2)27-12-8-7-11-22(27)25-17-29-26(18-28(25)31)23-14-13-21-15-19-9-5-6-10-20(19)16-24(21)30(23)32(29,3)4/h5-18H,1-4H3. The van der Waals surface area contributed by atoms with E-state index >= 15 is 0 Å². The molecule has 2 aliphatic carbocycles. The third kappa shape index (κ3) is 2.08. The maximum Gasteiger partial charge on any atom is 0.0165 e. The molecule has 0 atom stereocenters. The molecule has 0 amide bonds. The molecule has 0 unspecified atom stereocenters. The van der Waals surface area contributed by atoms with Gasteiger partial charge in [-0.15, -0.1) is 0 Å². The van der Waals surface area contributed by atoms with E-state index in [-0.39, 0.29) is 10.8 Å². The van der Waals surface area contributed by atoms with Gasteiger partial charge in [-0.25, -0.2) is 0 Å². The highest BCUT2D eigenvalue weighted by molar-refractivity contribution is 6.05. The van der Waals surface area contributed by atoms with E-state index in [9.17, 15) is 0 Å². The fourth-order valence-corrected chi connectivity index (χ4v) is 6.53. The van der Waals surface area contributed by atoms with Crippen LogP contribution in [0.4, 0.5) is 0 Å². The molecule has 7 rings (SSSR count). The molecular weight excluding hydrogens is 384 g/mol. The third-order valence-corrected chi connectivity index (χ3v) is 8.20. The largest absolute Gasteiger partial charge is 0.0619 e. The molecule has 0 heterocycles. The minimum absolute atomic E-state index is 0.0287. The minimum Gasteiger partial charge on any atom is -0.0619 e. The highest BCUT2D eigenvalue weighted by Crippen LogP contribution is 2.57. The summed E-state index contributed by atoms with van der Waals surface area (Å²) >= 11 is 0. The summed E-state index contributed by atoms with van der Waals surface area (Å²) in [6.45, 7) is 9.56. The van der Waals surface area contributed by atoms with Gasteiger partial charge in [0.2, 0.25) is 0 Å². The van der Waals surface area contributed by atoms with Gasteiger partial charge in [0.05, 0.1) is 0 Å². The van der Waals surface area contributed by atoms with Gasteiger partial charge in [-0.05, 0) is 90.3 Å². The smallest absolute Gasteiger partial charge is 0.0165 e. The fraction of sp³-hybridized carbons (Fsp3) is 0.188. The minimum atomic E-state index is -0.0384. The molecule has 0 aromatic heterocycles. The van der Waals surface area contributed by atoms with Crippen LogP contribution in [-0.2, 0) is 10.8 Å². The van der Waals surface area contributed by atoms with E-state index in [1.165, 1.54) is 66.1 Å². The van der Waals surface area contributed by atoms with E-state index in [2.05, 4.69) is 113 Å². The zero-order valence-corrected chi connectivity index (χ0v) is 19.1. The fourth-order valence-electron chi connectivity index (χ4n) is 6.53. The van der Waals surface area contributed by atoms with Crippen molar-refractivity contribution in [3.63, 3.8) is 0 Å². The van der Waals surface area contributed by atoms with Crippen LogP contribution in [-0.4, -0.2) is 0 Å². The van der Waals surface area contributed by atoms with Crippen LogP contribution in [0.15, 0.2) is 84.9 Å². The maximum absolute atomic E-state index is 2.51. The predicted molar refractivity (Wildman–Crippen MR) is 137 cm³/mol. The Morgan fingerprint density at radius 1 is 0.438 bits per heavy atom. The molecule has 32 heavy (non-hydrogen) atoms. The van der Waals surface area contributed by atoms with Gasteiger partial charge in [0.15, 0.2) is 0 Å². The zero-order chi connectivity index (χ0) is 21.8. The Labute approximate surface area is 189 Å². The lowest BCUT2D eigenvalue weighted by atomic mass is 9.78. The van der Waals surface area contributed by atoms with Gasteiger partial charge in [-0.2, -0.15) is 0 Å². The SMILES string of the molecule is CC1(C)c2ccccc2-c2cc3c(cc21)-c1ccc2cc4ccccc4cc2c1C3(C)C. The molecule has 0 bridgehead atoms. The first kappa shape index (κ1) is 18.2. The lowest BCUT2D eigenvalue weighted by Gasteiger charge is -2.25. The van der Waals surface area contributed by atoms with Crippen molar-refractivity contribution in [2.45, 2.75) is 38.5 Å². The summed E-state index contributed by atoms with van der Waals surface area (Å²) in [5, 5.41) is 5.35. The van der Waals surface area contributed by atoms with Crippen molar-refractivity contribution >= 4 is 21.5 Å². The highest BCUT2D eigenvalue weighted by Gasteiger charge is 2.42. The topological polar surface area (TPSA) is 0 Å². The van der Waals surface area contributed by atoms with Gasteiger partial charge in [-0.3, -0.25) is 0 Å². The number of benzene rings is 5. The molecule has 0 fully saturated rings. The van der Waals surface area contributed by atoms with Gasteiger partial charge in [-0.1, -0.05) is 88.4 Å². The first-order valence-electron chi connectivity index (χ1n) is 11.6. The molecular formula is C32H26. The van der Waals surface area contributed by atoms with E-state index in [0.717, 1.165) is 0 Å². The molecule has 5 aromatic rings. The molecule has 0 radical (unpaired) electrons. The van der Waals surface area contributed by atoms with Crippen LogP contribution >= 0.6 is 0 Å². The van der Waals surface area contributed by atoms with E-state index in [0.29, 0.717) is 0 Å². The third-order valence-electron chi connectivity index (χ3n) is 8.20. The average molecular weight is 411 g/mol. The molecule has 0 nitrogen and oxygen atoms in total. The Bertz CT molecular complexity index is 1610. The van der Waals surface area contributed by atoms with E-state index in [1.807, 2.05) is 0 Å². The molecule has 0 heteroatoms. The van der Waals surface area contributed by atoms with Crippen molar-refractivity contribution in [3.8, 4) is 22.3 Å². The first-order valence-corrected chi connectivity index (χ1v) is 11.6. The summed E-state index contributed by atoms with van der Waals surface area (Å²) in [4.78, 5) is 0. The van der Waals surface area contributed by atoms with Crippen molar-refractivity contribution in [2.75, 3.05) is 0 Å². The molecule has 0 saturated heterocycles. The Kier molecular flexibility index (Phi) is 3.24. The Morgan fingerprint density at radius 2 is 1.06 bits per heavy atom. The maximum atomic E-state index is 2.51. The number of rotatable bonds is 0. The van der Waals surface area contributed by atoms with Crippen LogP contribution in [0.2, 0.25) is 0 Å². The van der Waals surface area contributed by atoms with Crippen LogP contribution in [0.25, 0.3) is 43.8 Å². The first-order chi connectivity index (χ1) is 15.4. The molecule has 0 spiro atoms. The molecule has 5 aromatic carbocycles. The Hall–Kier alpha value is -3.38. The summed E-state index contributed by atoms with van der Waals surface area (Å²) in [6.07, 6.45) is 0. The number of fused-ring (bicyclic) bond motifs is 9. The van der Waals surface area contributed by atoms with Gasteiger partial charge < -0.3 is 0 Å². The van der Waals surface area contributed by atoms with E-state index in [4.69, 9.17) is 0 Å². The summed E-state index contributed by atoms with van der Waals surface area (Å²) in [5.41, 5.74) is 11.5. The molecule has 2 aliphatic rings. The van der Waals surface area contributed by atoms with Crippen molar-refractivity contribution < 1.29 is 0 Å². The average Bonchev–Trinajstić information content (AvgIpc) is 3.16. The summed E-state index contributed by atoms with van der Waals surface area (Å²) in [5.74, 6) is 0. The molecule has 0 N–H and O–H groups in total. The Morgan fingerprint density at radius 3 is 1.84 bits per heavy atom. The Balaban J connectivity index is 1.56. The second kappa shape index (κ2) is 5.70. The van der Waals surface area contributed by atoms with Crippen LogP contribution < -0.4 is 0 Å².